The number of aromatic nitrogens is 5. The Hall–Kier alpha value is -2.76. The maximum atomic E-state index is 4.60. The van der Waals surface area contributed by atoms with Crippen LogP contribution in [0, 0.1) is 6.92 Å². The van der Waals surface area contributed by atoms with Gasteiger partial charge in [0.2, 0.25) is 5.95 Å². The molecule has 1 N–H and O–H groups in total. The van der Waals surface area contributed by atoms with Gasteiger partial charge < -0.3 is 5.32 Å². The topological polar surface area (TPSA) is 68.5 Å². The van der Waals surface area contributed by atoms with Crippen LogP contribution in [-0.2, 0) is 13.5 Å². The molecule has 3 aromatic rings. The van der Waals surface area contributed by atoms with E-state index in [2.05, 4.69) is 25.4 Å². The highest BCUT2D eigenvalue weighted by Gasteiger charge is 2.09. The lowest BCUT2D eigenvalue weighted by Crippen LogP contribution is -2.10. The van der Waals surface area contributed by atoms with Crippen LogP contribution in [0.2, 0.25) is 0 Å². The monoisotopic (exact) mass is 294 g/mol. The number of hydrogen-bond donors (Lipinski definition) is 1. The lowest BCUT2D eigenvalue weighted by Gasteiger charge is -2.09. The van der Waals surface area contributed by atoms with Crippen LogP contribution in [0.3, 0.4) is 0 Å². The molecule has 0 unspecified atom stereocenters. The summed E-state index contributed by atoms with van der Waals surface area (Å²) >= 11 is 0. The van der Waals surface area contributed by atoms with Crippen LogP contribution in [0.1, 0.15) is 11.3 Å². The molecule has 0 saturated carbocycles. The maximum Gasteiger partial charge on any atom is 0.223 e. The molecular weight excluding hydrogens is 276 g/mol. The molecule has 0 amide bonds. The molecule has 3 heterocycles. The van der Waals surface area contributed by atoms with Crippen molar-refractivity contribution in [2.24, 2.45) is 7.05 Å². The number of hydrogen-bond acceptors (Lipinski definition) is 5. The predicted molar refractivity (Wildman–Crippen MR) is 85.4 cm³/mol. The van der Waals surface area contributed by atoms with E-state index in [1.165, 1.54) is 0 Å². The van der Waals surface area contributed by atoms with Crippen LogP contribution >= 0.6 is 0 Å². The van der Waals surface area contributed by atoms with Gasteiger partial charge in [-0.1, -0.05) is 6.07 Å². The first-order valence-corrected chi connectivity index (χ1v) is 7.20. The Morgan fingerprint density at radius 1 is 1.14 bits per heavy atom. The first-order valence-electron chi connectivity index (χ1n) is 7.20. The third-order valence-corrected chi connectivity index (χ3v) is 3.43. The molecule has 0 bridgehead atoms. The van der Waals surface area contributed by atoms with Gasteiger partial charge in [0.25, 0.3) is 0 Å². The average molecular weight is 294 g/mol. The summed E-state index contributed by atoms with van der Waals surface area (Å²) in [4.78, 5) is 13.2. The van der Waals surface area contributed by atoms with E-state index in [9.17, 15) is 0 Å². The number of rotatable bonds is 5. The van der Waals surface area contributed by atoms with Crippen LogP contribution in [0.25, 0.3) is 11.4 Å². The third kappa shape index (κ3) is 3.11. The second-order valence-electron chi connectivity index (χ2n) is 5.06. The predicted octanol–water partition coefficient (Wildman–Crippen LogP) is 2.24. The van der Waals surface area contributed by atoms with Gasteiger partial charge in [-0.2, -0.15) is 5.10 Å². The molecule has 3 rings (SSSR count). The fourth-order valence-electron chi connectivity index (χ4n) is 2.24. The molecule has 0 spiro atoms. The summed E-state index contributed by atoms with van der Waals surface area (Å²) in [6.45, 7) is 2.74. The van der Waals surface area contributed by atoms with Crippen molar-refractivity contribution < 1.29 is 0 Å². The fourth-order valence-corrected chi connectivity index (χ4v) is 2.24. The molecule has 6 nitrogen and oxygen atoms in total. The zero-order chi connectivity index (χ0) is 15.4. The van der Waals surface area contributed by atoms with Crippen molar-refractivity contribution in [3.05, 3.63) is 54.1 Å². The third-order valence-electron chi connectivity index (χ3n) is 3.43. The van der Waals surface area contributed by atoms with E-state index in [-0.39, 0.29) is 0 Å². The van der Waals surface area contributed by atoms with E-state index in [0.717, 1.165) is 35.6 Å². The van der Waals surface area contributed by atoms with Gasteiger partial charge in [-0.05, 0) is 30.7 Å². The summed E-state index contributed by atoms with van der Waals surface area (Å²) in [6.07, 6.45) is 6.24. The fraction of sp³-hybridized carbons (Fsp3) is 0.250. The Morgan fingerprint density at radius 2 is 2.05 bits per heavy atom. The van der Waals surface area contributed by atoms with Crippen molar-refractivity contribution in [3.63, 3.8) is 0 Å². The minimum absolute atomic E-state index is 0.623. The van der Waals surface area contributed by atoms with Crippen LogP contribution in [0.15, 0.2) is 42.9 Å². The standard InChI is InChI=1S/C16H18N6/c1-12-11-19-16(18-9-6-13-5-3-4-8-17-13)21-15(12)14-7-10-20-22(14)2/h3-5,7-8,10-11H,6,9H2,1-2H3,(H,18,19,21). The van der Waals surface area contributed by atoms with Crippen molar-refractivity contribution in [2.75, 3.05) is 11.9 Å². The minimum atomic E-state index is 0.623. The lowest BCUT2D eigenvalue weighted by molar-refractivity contribution is 0.772. The second kappa shape index (κ2) is 6.34. The number of pyridine rings is 1. The maximum absolute atomic E-state index is 4.60. The highest BCUT2D eigenvalue weighted by atomic mass is 15.3. The molecule has 0 aliphatic heterocycles. The second-order valence-corrected chi connectivity index (χ2v) is 5.06. The van der Waals surface area contributed by atoms with Crippen molar-refractivity contribution >= 4 is 5.95 Å². The molecule has 0 saturated heterocycles. The number of aryl methyl sites for hydroxylation is 2. The summed E-state index contributed by atoms with van der Waals surface area (Å²) in [6, 6.07) is 7.87. The van der Waals surface area contributed by atoms with E-state index in [0.29, 0.717) is 5.95 Å². The lowest BCUT2D eigenvalue weighted by atomic mass is 10.2. The molecule has 0 radical (unpaired) electrons. The van der Waals surface area contributed by atoms with Gasteiger partial charge in [-0.25, -0.2) is 9.97 Å². The van der Waals surface area contributed by atoms with Gasteiger partial charge in [0.1, 0.15) is 0 Å². The van der Waals surface area contributed by atoms with Gasteiger partial charge in [0.15, 0.2) is 0 Å². The first kappa shape index (κ1) is 14.2. The molecule has 3 aromatic heterocycles. The SMILES string of the molecule is Cc1cnc(NCCc2ccccn2)nc1-c1ccnn1C. The number of nitrogens with one attached hydrogen (secondary N) is 1. The Balaban J connectivity index is 1.71. The average Bonchev–Trinajstić information content (AvgIpc) is 2.96. The number of anilines is 1. The Labute approximate surface area is 129 Å². The molecule has 0 aliphatic carbocycles. The summed E-state index contributed by atoms with van der Waals surface area (Å²) < 4.78 is 1.81. The zero-order valence-electron chi connectivity index (χ0n) is 12.7. The van der Waals surface area contributed by atoms with Gasteiger partial charge >= 0.3 is 0 Å². The summed E-state index contributed by atoms with van der Waals surface area (Å²) in [5, 5.41) is 7.44. The van der Waals surface area contributed by atoms with Crippen LogP contribution in [0.5, 0.6) is 0 Å². The van der Waals surface area contributed by atoms with E-state index in [1.807, 2.05) is 49.1 Å². The van der Waals surface area contributed by atoms with E-state index >= 15 is 0 Å². The van der Waals surface area contributed by atoms with Crippen molar-refractivity contribution in [1.82, 2.24) is 24.7 Å². The summed E-state index contributed by atoms with van der Waals surface area (Å²) in [5.41, 5.74) is 3.95. The Morgan fingerprint density at radius 3 is 2.77 bits per heavy atom. The van der Waals surface area contributed by atoms with Crippen LogP contribution < -0.4 is 5.32 Å². The van der Waals surface area contributed by atoms with Crippen LogP contribution in [-0.4, -0.2) is 31.3 Å². The highest BCUT2D eigenvalue weighted by molar-refractivity contribution is 5.59. The Bertz CT molecular complexity index is 750. The molecule has 0 aromatic carbocycles. The van der Waals surface area contributed by atoms with Crippen molar-refractivity contribution in [2.45, 2.75) is 13.3 Å². The summed E-state index contributed by atoms with van der Waals surface area (Å²) in [5.74, 6) is 0.623. The Kier molecular flexibility index (Phi) is 4.09. The molecule has 112 valence electrons. The van der Waals surface area contributed by atoms with E-state index in [4.69, 9.17) is 0 Å². The normalized spacial score (nSPS) is 10.6. The molecule has 0 atom stereocenters. The minimum Gasteiger partial charge on any atom is -0.354 e. The molecule has 0 fully saturated rings. The smallest absolute Gasteiger partial charge is 0.223 e. The quantitative estimate of drug-likeness (QED) is 0.781. The van der Waals surface area contributed by atoms with Gasteiger partial charge in [0, 0.05) is 44.3 Å². The molecular formula is C16H18N6. The molecule has 6 heteroatoms. The van der Waals surface area contributed by atoms with Crippen LogP contribution in [0.4, 0.5) is 5.95 Å². The van der Waals surface area contributed by atoms with Gasteiger partial charge in [-0.3, -0.25) is 9.67 Å². The summed E-state index contributed by atoms with van der Waals surface area (Å²) in [7, 11) is 1.91. The number of nitrogens with zero attached hydrogens (tertiary/aromatic N) is 5. The largest absolute Gasteiger partial charge is 0.354 e. The van der Waals surface area contributed by atoms with E-state index in [1.54, 1.807) is 12.4 Å². The van der Waals surface area contributed by atoms with Crippen molar-refractivity contribution in [3.8, 4) is 11.4 Å². The highest BCUT2D eigenvalue weighted by Crippen LogP contribution is 2.20. The van der Waals surface area contributed by atoms with Gasteiger partial charge in [-0.15, -0.1) is 0 Å². The van der Waals surface area contributed by atoms with Crippen molar-refractivity contribution in [1.29, 1.82) is 0 Å². The van der Waals surface area contributed by atoms with E-state index < -0.39 is 0 Å². The molecule has 0 aliphatic rings. The van der Waals surface area contributed by atoms with Gasteiger partial charge in [0.05, 0.1) is 11.4 Å². The molecule has 22 heavy (non-hydrogen) atoms. The first-order chi connectivity index (χ1) is 10.7. The zero-order valence-corrected chi connectivity index (χ0v) is 12.7.